The maximum absolute atomic E-state index is 13.3. The van der Waals surface area contributed by atoms with E-state index in [1.54, 1.807) is 53.4 Å². The number of carbonyl (C=O) groups is 2. The normalized spacial score (nSPS) is 18.1. The summed E-state index contributed by atoms with van der Waals surface area (Å²) in [6.07, 6.45) is 0.0310. The fraction of sp³-hybridized carbons (Fsp3) is 0.160. The molecule has 5 rings (SSSR count). The van der Waals surface area contributed by atoms with Crippen LogP contribution in [0.5, 0.6) is 11.5 Å². The van der Waals surface area contributed by atoms with Crippen LogP contribution < -0.4 is 14.8 Å². The molecule has 3 aromatic carbocycles. The number of rotatable bonds is 5. The van der Waals surface area contributed by atoms with Crippen molar-refractivity contribution in [1.29, 1.82) is 0 Å². The van der Waals surface area contributed by atoms with Crippen molar-refractivity contribution in [3.05, 3.63) is 82.3 Å². The predicted molar refractivity (Wildman–Crippen MR) is 138 cm³/mol. The van der Waals surface area contributed by atoms with Crippen LogP contribution in [0.25, 0.3) is 0 Å². The summed E-state index contributed by atoms with van der Waals surface area (Å²) in [5.41, 5.74) is 2.04. The number of hydrogen-bond acceptors (Lipinski definition) is 6. The third-order valence-electron chi connectivity index (χ3n) is 5.35. The largest absolute Gasteiger partial charge is 0.454 e. The van der Waals surface area contributed by atoms with Gasteiger partial charge in [0.05, 0.1) is 12.2 Å². The molecule has 0 bridgehead atoms. The van der Waals surface area contributed by atoms with Crippen LogP contribution in [-0.4, -0.2) is 33.9 Å². The van der Waals surface area contributed by atoms with Crippen molar-refractivity contribution in [3.63, 3.8) is 0 Å². The number of thioether (sulfide) groups is 1. The lowest BCUT2D eigenvalue weighted by Gasteiger charge is -2.32. The molecular weight excluding hydrogens is 509 g/mol. The van der Waals surface area contributed by atoms with E-state index >= 15 is 0 Å². The Kier molecular flexibility index (Phi) is 6.86. The number of nitrogens with one attached hydrogen (secondary N) is 1. The van der Waals surface area contributed by atoms with Crippen molar-refractivity contribution >= 4 is 63.3 Å². The molecule has 7 nitrogen and oxygen atoms in total. The van der Waals surface area contributed by atoms with Gasteiger partial charge in [-0.25, -0.2) is 4.99 Å². The molecule has 3 aromatic rings. The fourth-order valence-electron chi connectivity index (χ4n) is 3.63. The molecule has 1 N–H and O–H groups in total. The van der Waals surface area contributed by atoms with Gasteiger partial charge in [-0.3, -0.25) is 14.5 Å². The lowest BCUT2D eigenvalue weighted by atomic mass is 10.1. The number of amides is 2. The van der Waals surface area contributed by atoms with Crippen LogP contribution in [0.3, 0.4) is 0 Å². The molecule has 178 valence electrons. The van der Waals surface area contributed by atoms with E-state index in [0.29, 0.717) is 38.1 Å². The first-order valence-electron chi connectivity index (χ1n) is 10.7. The fourth-order valence-corrected chi connectivity index (χ4v) is 5.04. The van der Waals surface area contributed by atoms with Crippen molar-refractivity contribution < 1.29 is 19.1 Å². The molecule has 2 heterocycles. The lowest BCUT2D eigenvalue weighted by Crippen LogP contribution is -2.44. The highest BCUT2D eigenvalue weighted by Crippen LogP contribution is 2.35. The van der Waals surface area contributed by atoms with Crippen LogP contribution in [0.4, 0.5) is 11.4 Å². The first kappa shape index (κ1) is 23.5. The Morgan fingerprint density at radius 3 is 2.63 bits per heavy atom. The van der Waals surface area contributed by atoms with E-state index in [1.807, 2.05) is 18.2 Å². The highest BCUT2D eigenvalue weighted by atomic mass is 35.5. The standard InChI is InChI=1S/C25H19Cl2N3O4S/c26-16-5-7-18(8-6-16)28-24(32)22-12-23(31)30(13-15-4-9-20-21(10-15)34-14-33-20)25(35-22)29-19-3-1-2-17(27)11-19/h1-11,22H,12-14H2,(H,28,32). The lowest BCUT2D eigenvalue weighted by molar-refractivity contribution is -0.129. The molecule has 0 radical (unpaired) electrons. The molecule has 1 unspecified atom stereocenters. The summed E-state index contributed by atoms with van der Waals surface area (Å²) in [6, 6.07) is 19.4. The second-order valence-corrected chi connectivity index (χ2v) is 9.89. The summed E-state index contributed by atoms with van der Waals surface area (Å²) in [6.45, 7) is 0.441. The summed E-state index contributed by atoms with van der Waals surface area (Å²) in [7, 11) is 0. The molecule has 1 fully saturated rings. The number of aliphatic imine (C=N–C) groups is 1. The third-order valence-corrected chi connectivity index (χ3v) is 7.03. The van der Waals surface area contributed by atoms with Crippen molar-refractivity contribution in [3.8, 4) is 11.5 Å². The average Bonchev–Trinajstić information content (AvgIpc) is 3.30. The van der Waals surface area contributed by atoms with E-state index in [4.69, 9.17) is 32.7 Å². The molecule has 0 saturated carbocycles. The minimum Gasteiger partial charge on any atom is -0.454 e. The molecule has 2 aliphatic heterocycles. The van der Waals surface area contributed by atoms with Gasteiger partial charge in [0.25, 0.3) is 0 Å². The van der Waals surface area contributed by atoms with Gasteiger partial charge in [-0.1, -0.05) is 47.1 Å². The number of carbonyl (C=O) groups excluding carboxylic acids is 2. The number of nitrogens with zero attached hydrogens (tertiary/aromatic N) is 2. The van der Waals surface area contributed by atoms with Crippen molar-refractivity contribution in [2.45, 2.75) is 18.2 Å². The molecule has 10 heteroatoms. The monoisotopic (exact) mass is 527 g/mol. The molecule has 2 aliphatic rings. The topological polar surface area (TPSA) is 80.2 Å². The van der Waals surface area contributed by atoms with Crippen LogP contribution in [0, 0.1) is 0 Å². The molecule has 0 aliphatic carbocycles. The first-order chi connectivity index (χ1) is 16.9. The van der Waals surface area contributed by atoms with Gasteiger partial charge < -0.3 is 14.8 Å². The molecule has 2 amide bonds. The zero-order valence-corrected chi connectivity index (χ0v) is 20.6. The number of hydrogen-bond donors (Lipinski definition) is 1. The van der Waals surface area contributed by atoms with Gasteiger partial charge in [-0.15, -0.1) is 0 Å². The minimum atomic E-state index is -0.649. The Morgan fingerprint density at radius 2 is 1.83 bits per heavy atom. The smallest absolute Gasteiger partial charge is 0.238 e. The Hall–Kier alpha value is -3.20. The van der Waals surface area contributed by atoms with Gasteiger partial charge in [-0.2, -0.15) is 0 Å². The van der Waals surface area contributed by atoms with E-state index in [-0.39, 0.29) is 31.6 Å². The summed E-state index contributed by atoms with van der Waals surface area (Å²) in [4.78, 5) is 32.5. The van der Waals surface area contributed by atoms with E-state index in [9.17, 15) is 9.59 Å². The number of halogens is 2. The van der Waals surface area contributed by atoms with Crippen LogP contribution in [0.1, 0.15) is 12.0 Å². The quantitative estimate of drug-likeness (QED) is 0.447. The number of benzene rings is 3. The average molecular weight is 528 g/mol. The molecule has 0 aromatic heterocycles. The third kappa shape index (κ3) is 5.56. The Balaban J connectivity index is 1.41. The molecule has 35 heavy (non-hydrogen) atoms. The predicted octanol–water partition coefficient (Wildman–Crippen LogP) is 5.88. The Morgan fingerprint density at radius 1 is 1.03 bits per heavy atom. The van der Waals surface area contributed by atoms with E-state index < -0.39 is 5.25 Å². The Labute approximate surface area is 216 Å². The van der Waals surface area contributed by atoms with Crippen LogP contribution in [0.2, 0.25) is 10.0 Å². The molecule has 0 spiro atoms. The second kappa shape index (κ2) is 10.2. The second-order valence-electron chi connectivity index (χ2n) is 7.85. The number of fused-ring (bicyclic) bond motifs is 1. The SMILES string of the molecule is O=C(Nc1ccc(Cl)cc1)C1CC(=O)N(Cc2ccc3c(c2)OCO3)C(=Nc2cccc(Cl)c2)S1. The van der Waals surface area contributed by atoms with Gasteiger partial charge >= 0.3 is 0 Å². The summed E-state index contributed by atoms with van der Waals surface area (Å²) >= 11 is 13.3. The van der Waals surface area contributed by atoms with Gasteiger partial charge in [0, 0.05) is 22.2 Å². The van der Waals surface area contributed by atoms with Gasteiger partial charge in [-0.05, 0) is 60.2 Å². The minimum absolute atomic E-state index is 0.0310. The highest BCUT2D eigenvalue weighted by Gasteiger charge is 2.36. The first-order valence-corrected chi connectivity index (χ1v) is 12.3. The summed E-state index contributed by atoms with van der Waals surface area (Å²) < 4.78 is 10.8. The molecule has 1 atom stereocenters. The molecular formula is C25H19Cl2N3O4S. The Bertz CT molecular complexity index is 1320. The van der Waals surface area contributed by atoms with Crippen LogP contribution in [-0.2, 0) is 16.1 Å². The van der Waals surface area contributed by atoms with E-state index in [0.717, 1.165) is 5.56 Å². The number of ether oxygens (including phenoxy) is 2. The highest BCUT2D eigenvalue weighted by molar-refractivity contribution is 8.15. The maximum Gasteiger partial charge on any atom is 0.238 e. The summed E-state index contributed by atoms with van der Waals surface area (Å²) in [5, 5.41) is 3.71. The summed E-state index contributed by atoms with van der Waals surface area (Å²) in [5.74, 6) is 0.804. The number of amidine groups is 1. The van der Waals surface area contributed by atoms with Gasteiger partial charge in [0.2, 0.25) is 18.6 Å². The maximum atomic E-state index is 13.3. The van der Waals surface area contributed by atoms with E-state index in [2.05, 4.69) is 10.3 Å². The van der Waals surface area contributed by atoms with Crippen molar-refractivity contribution in [1.82, 2.24) is 4.90 Å². The van der Waals surface area contributed by atoms with Crippen molar-refractivity contribution in [2.24, 2.45) is 4.99 Å². The van der Waals surface area contributed by atoms with Crippen LogP contribution in [0.15, 0.2) is 71.7 Å². The zero-order chi connectivity index (χ0) is 24.4. The van der Waals surface area contributed by atoms with Gasteiger partial charge in [0.1, 0.15) is 5.25 Å². The van der Waals surface area contributed by atoms with E-state index in [1.165, 1.54) is 11.8 Å². The zero-order valence-electron chi connectivity index (χ0n) is 18.2. The van der Waals surface area contributed by atoms with Crippen molar-refractivity contribution in [2.75, 3.05) is 12.1 Å². The van der Waals surface area contributed by atoms with Crippen LogP contribution >= 0.6 is 35.0 Å². The van der Waals surface area contributed by atoms with Gasteiger partial charge in [0.15, 0.2) is 16.7 Å². The molecule has 1 saturated heterocycles. The number of anilines is 1.